The Morgan fingerprint density at radius 1 is 1.35 bits per heavy atom. The Morgan fingerprint density at radius 2 is 2.15 bits per heavy atom. The predicted molar refractivity (Wildman–Crippen MR) is 80.8 cm³/mol. The lowest BCUT2D eigenvalue weighted by atomic mass is 9.78. The summed E-state index contributed by atoms with van der Waals surface area (Å²) in [5.41, 5.74) is 0. The van der Waals surface area contributed by atoms with Crippen LogP contribution in [0.3, 0.4) is 0 Å². The Kier molecular flexibility index (Phi) is 5.17. The van der Waals surface area contributed by atoms with E-state index < -0.39 is 0 Å². The monoisotopic (exact) mass is 294 g/mol. The maximum Gasteiger partial charge on any atom is 0.261 e. The molecule has 110 valence electrons. The molecule has 5 heteroatoms. The molecule has 1 aliphatic rings. The molecule has 1 heterocycles. The molecule has 0 radical (unpaired) electrons. The van der Waals surface area contributed by atoms with Crippen molar-refractivity contribution in [1.82, 2.24) is 10.6 Å². The fraction of sp³-hybridized carbons (Fsp3) is 0.600. The van der Waals surface area contributed by atoms with E-state index in [1.807, 2.05) is 11.4 Å². The van der Waals surface area contributed by atoms with Gasteiger partial charge in [0.25, 0.3) is 5.91 Å². The second kappa shape index (κ2) is 6.88. The first-order valence-electron chi connectivity index (χ1n) is 7.19. The van der Waals surface area contributed by atoms with Gasteiger partial charge in [0, 0.05) is 6.04 Å². The number of nitrogens with one attached hydrogen (secondary N) is 2. The van der Waals surface area contributed by atoms with Gasteiger partial charge in [0.15, 0.2) is 0 Å². The van der Waals surface area contributed by atoms with E-state index in [-0.39, 0.29) is 24.4 Å². The molecule has 2 rings (SSSR count). The average molecular weight is 294 g/mol. The zero-order chi connectivity index (χ0) is 14.5. The van der Waals surface area contributed by atoms with Crippen molar-refractivity contribution in [1.29, 1.82) is 0 Å². The fourth-order valence-electron chi connectivity index (χ4n) is 2.70. The van der Waals surface area contributed by atoms with E-state index in [1.165, 1.54) is 17.8 Å². The summed E-state index contributed by atoms with van der Waals surface area (Å²) in [6.07, 6.45) is 3.44. The zero-order valence-corrected chi connectivity index (χ0v) is 12.8. The molecule has 4 nitrogen and oxygen atoms in total. The summed E-state index contributed by atoms with van der Waals surface area (Å²) in [6, 6.07) is 3.82. The van der Waals surface area contributed by atoms with Crippen LogP contribution in [0, 0.1) is 11.8 Å². The molecule has 0 aliphatic heterocycles. The zero-order valence-electron chi connectivity index (χ0n) is 12.0. The highest BCUT2D eigenvalue weighted by atomic mass is 32.1. The van der Waals surface area contributed by atoms with E-state index >= 15 is 0 Å². The van der Waals surface area contributed by atoms with Crippen molar-refractivity contribution in [3.8, 4) is 0 Å². The van der Waals surface area contributed by atoms with Crippen LogP contribution in [0.25, 0.3) is 0 Å². The normalized spacial score (nSPS) is 26.0. The van der Waals surface area contributed by atoms with Gasteiger partial charge in [-0.15, -0.1) is 11.3 Å². The van der Waals surface area contributed by atoms with Gasteiger partial charge in [-0.2, -0.15) is 0 Å². The minimum absolute atomic E-state index is 0.0499. The summed E-state index contributed by atoms with van der Waals surface area (Å²) in [6.45, 7) is 4.48. The molecular formula is C15H22N2O2S. The standard InChI is InChI=1S/C15H22N2O2S/c1-10-5-3-6-12(11(10)2)17-14(18)9-16-15(19)13-7-4-8-20-13/h4,7-8,10-12H,3,5-6,9H2,1-2H3,(H,16,19)(H,17,18)/t10-,11+,12-/m0/s1. The van der Waals surface area contributed by atoms with E-state index in [4.69, 9.17) is 0 Å². The Balaban J connectivity index is 1.76. The van der Waals surface area contributed by atoms with Gasteiger partial charge in [0.2, 0.25) is 5.91 Å². The fourth-order valence-corrected chi connectivity index (χ4v) is 3.34. The second-order valence-corrected chi connectivity index (χ2v) is 6.55. The highest BCUT2D eigenvalue weighted by Gasteiger charge is 2.28. The average Bonchev–Trinajstić information content (AvgIpc) is 2.95. The van der Waals surface area contributed by atoms with Gasteiger partial charge in [0.1, 0.15) is 0 Å². The Labute approximate surface area is 124 Å². The number of carbonyl (C=O) groups is 2. The molecule has 1 saturated carbocycles. The molecule has 1 fully saturated rings. The van der Waals surface area contributed by atoms with Gasteiger partial charge in [-0.25, -0.2) is 0 Å². The third-order valence-electron chi connectivity index (χ3n) is 4.21. The minimum atomic E-state index is -0.180. The Hall–Kier alpha value is -1.36. The van der Waals surface area contributed by atoms with Gasteiger partial charge in [-0.05, 0) is 29.7 Å². The summed E-state index contributed by atoms with van der Waals surface area (Å²) >= 11 is 1.38. The van der Waals surface area contributed by atoms with Gasteiger partial charge in [0.05, 0.1) is 11.4 Å². The van der Waals surface area contributed by atoms with Gasteiger partial charge in [-0.3, -0.25) is 9.59 Å². The van der Waals surface area contributed by atoms with Crippen LogP contribution < -0.4 is 10.6 Å². The number of thiophene rings is 1. The molecule has 0 spiro atoms. The summed E-state index contributed by atoms with van der Waals surface area (Å²) in [7, 11) is 0. The lowest BCUT2D eigenvalue weighted by Gasteiger charge is -2.34. The van der Waals surface area contributed by atoms with E-state index in [0.29, 0.717) is 16.7 Å². The predicted octanol–water partition coefficient (Wildman–Crippen LogP) is 2.42. The topological polar surface area (TPSA) is 58.2 Å². The van der Waals surface area contributed by atoms with Gasteiger partial charge in [-0.1, -0.05) is 32.8 Å². The van der Waals surface area contributed by atoms with Crippen LogP contribution in [-0.2, 0) is 4.79 Å². The molecule has 1 aromatic heterocycles. The molecule has 0 unspecified atom stereocenters. The van der Waals surface area contributed by atoms with Crippen molar-refractivity contribution in [2.24, 2.45) is 11.8 Å². The Morgan fingerprint density at radius 3 is 2.85 bits per heavy atom. The largest absolute Gasteiger partial charge is 0.352 e. The molecule has 1 aromatic rings. The molecule has 2 N–H and O–H groups in total. The molecular weight excluding hydrogens is 272 g/mol. The van der Waals surface area contributed by atoms with Crippen molar-refractivity contribution in [2.75, 3.05) is 6.54 Å². The van der Waals surface area contributed by atoms with Crippen molar-refractivity contribution in [3.05, 3.63) is 22.4 Å². The van der Waals surface area contributed by atoms with Crippen LogP contribution in [0.15, 0.2) is 17.5 Å². The first-order valence-corrected chi connectivity index (χ1v) is 8.07. The maximum atomic E-state index is 11.9. The van der Waals surface area contributed by atoms with E-state index in [0.717, 1.165) is 12.8 Å². The third-order valence-corrected chi connectivity index (χ3v) is 5.08. The molecule has 3 atom stereocenters. The van der Waals surface area contributed by atoms with E-state index in [1.54, 1.807) is 6.07 Å². The smallest absolute Gasteiger partial charge is 0.261 e. The lowest BCUT2D eigenvalue weighted by molar-refractivity contribution is -0.121. The summed E-state index contributed by atoms with van der Waals surface area (Å²) < 4.78 is 0. The third kappa shape index (κ3) is 3.82. The van der Waals surface area contributed by atoms with Crippen LogP contribution >= 0.6 is 11.3 Å². The molecule has 1 aliphatic carbocycles. The summed E-state index contributed by atoms with van der Waals surface area (Å²) in [4.78, 5) is 24.3. The van der Waals surface area contributed by atoms with Crippen molar-refractivity contribution in [2.45, 2.75) is 39.2 Å². The molecule has 0 saturated heterocycles. The number of rotatable bonds is 4. The van der Waals surface area contributed by atoms with Crippen molar-refractivity contribution in [3.63, 3.8) is 0 Å². The number of amides is 2. The second-order valence-electron chi connectivity index (χ2n) is 5.60. The van der Waals surface area contributed by atoms with Crippen molar-refractivity contribution < 1.29 is 9.59 Å². The highest BCUT2D eigenvalue weighted by molar-refractivity contribution is 7.12. The van der Waals surface area contributed by atoms with E-state index in [2.05, 4.69) is 24.5 Å². The van der Waals surface area contributed by atoms with Crippen molar-refractivity contribution >= 4 is 23.2 Å². The first kappa shape index (κ1) is 15.0. The van der Waals surface area contributed by atoms with Gasteiger partial charge >= 0.3 is 0 Å². The van der Waals surface area contributed by atoms with Gasteiger partial charge < -0.3 is 10.6 Å². The highest BCUT2D eigenvalue weighted by Crippen LogP contribution is 2.29. The molecule has 20 heavy (non-hydrogen) atoms. The van der Waals surface area contributed by atoms with Crippen LogP contribution in [0.2, 0.25) is 0 Å². The molecule has 0 bridgehead atoms. The number of hydrogen-bond donors (Lipinski definition) is 2. The molecule has 0 aromatic carbocycles. The lowest BCUT2D eigenvalue weighted by Crippen LogP contribution is -2.47. The summed E-state index contributed by atoms with van der Waals surface area (Å²) in [5.74, 6) is 0.872. The molecule has 2 amide bonds. The number of hydrogen-bond acceptors (Lipinski definition) is 3. The first-order chi connectivity index (χ1) is 9.58. The van der Waals surface area contributed by atoms with E-state index in [9.17, 15) is 9.59 Å². The van der Waals surface area contributed by atoms with Crippen LogP contribution in [0.4, 0.5) is 0 Å². The maximum absolute atomic E-state index is 11.9. The van der Waals surface area contributed by atoms with Crippen LogP contribution in [0.5, 0.6) is 0 Å². The summed E-state index contributed by atoms with van der Waals surface area (Å²) in [5, 5.41) is 7.56. The number of carbonyl (C=O) groups excluding carboxylic acids is 2. The van der Waals surface area contributed by atoms with Crippen LogP contribution in [-0.4, -0.2) is 24.4 Å². The quantitative estimate of drug-likeness (QED) is 0.896. The Bertz CT molecular complexity index is 458. The SMILES string of the molecule is C[C@H]1[C@@H](NC(=O)CNC(=O)c2cccs2)CCC[C@@H]1C. The van der Waals surface area contributed by atoms with Crippen LogP contribution in [0.1, 0.15) is 42.8 Å². The minimum Gasteiger partial charge on any atom is -0.352 e.